The average molecular weight is 316 g/mol. The fraction of sp³-hybridized carbons (Fsp3) is 0.333. The predicted octanol–water partition coefficient (Wildman–Crippen LogP) is 1.07. The number of nitro groups is 1. The van der Waals surface area contributed by atoms with Gasteiger partial charge in [-0.05, 0) is 18.6 Å². The maximum Gasteiger partial charge on any atom is 0.313 e. The highest BCUT2D eigenvalue weighted by molar-refractivity contribution is 6.39. The Morgan fingerprint density at radius 3 is 2.62 bits per heavy atom. The molecule has 1 unspecified atom stereocenters. The number of nitro benzene ring substituents is 1. The molecular formula is C12H14ClN3O5. The summed E-state index contributed by atoms with van der Waals surface area (Å²) in [5.74, 6) is -1.92. The summed E-state index contributed by atoms with van der Waals surface area (Å²) in [5, 5.41) is 24.1. The molecule has 1 aromatic carbocycles. The highest BCUT2D eigenvalue weighted by Crippen LogP contribution is 2.27. The first kappa shape index (κ1) is 16.9. The van der Waals surface area contributed by atoms with Gasteiger partial charge in [-0.1, -0.05) is 18.5 Å². The maximum atomic E-state index is 11.6. The van der Waals surface area contributed by atoms with Gasteiger partial charge in [-0.3, -0.25) is 19.7 Å². The largest absolute Gasteiger partial charge is 0.394 e. The lowest BCUT2D eigenvalue weighted by Crippen LogP contribution is -2.43. The molecule has 21 heavy (non-hydrogen) atoms. The fourth-order valence-corrected chi connectivity index (χ4v) is 1.63. The van der Waals surface area contributed by atoms with Crippen LogP contribution in [-0.4, -0.2) is 34.5 Å². The first-order chi connectivity index (χ1) is 9.88. The molecule has 1 rings (SSSR count). The van der Waals surface area contributed by atoms with E-state index in [1.807, 2.05) is 0 Å². The van der Waals surface area contributed by atoms with E-state index in [9.17, 15) is 19.7 Å². The van der Waals surface area contributed by atoms with E-state index in [0.29, 0.717) is 6.42 Å². The van der Waals surface area contributed by atoms with Gasteiger partial charge in [-0.2, -0.15) is 0 Å². The van der Waals surface area contributed by atoms with Crippen LogP contribution in [0.3, 0.4) is 0 Å². The molecule has 114 valence electrons. The van der Waals surface area contributed by atoms with Crippen LogP contribution in [0.4, 0.5) is 11.4 Å². The van der Waals surface area contributed by atoms with Crippen molar-refractivity contribution < 1.29 is 19.6 Å². The summed E-state index contributed by atoms with van der Waals surface area (Å²) in [6.07, 6.45) is 0.460. The van der Waals surface area contributed by atoms with Crippen LogP contribution in [-0.2, 0) is 9.59 Å². The second-order valence-electron chi connectivity index (χ2n) is 4.14. The van der Waals surface area contributed by atoms with Crippen molar-refractivity contribution in [3.05, 3.63) is 33.3 Å². The number of nitrogens with one attached hydrogen (secondary N) is 2. The van der Waals surface area contributed by atoms with Crippen LogP contribution in [0.1, 0.15) is 13.3 Å². The van der Waals surface area contributed by atoms with E-state index in [4.69, 9.17) is 16.7 Å². The molecule has 0 bridgehead atoms. The van der Waals surface area contributed by atoms with Gasteiger partial charge in [0.1, 0.15) is 5.02 Å². The average Bonchev–Trinajstić information content (AvgIpc) is 2.46. The number of carbonyl (C=O) groups is 2. The van der Waals surface area contributed by atoms with E-state index in [2.05, 4.69) is 10.6 Å². The molecule has 0 aliphatic heterocycles. The molecule has 1 aromatic rings. The zero-order valence-electron chi connectivity index (χ0n) is 11.1. The molecule has 0 aliphatic rings. The zero-order chi connectivity index (χ0) is 16.0. The van der Waals surface area contributed by atoms with Crippen molar-refractivity contribution in [3.8, 4) is 0 Å². The van der Waals surface area contributed by atoms with Crippen LogP contribution in [0, 0.1) is 10.1 Å². The number of nitrogens with zero attached hydrogens (tertiary/aromatic N) is 1. The second-order valence-corrected chi connectivity index (χ2v) is 4.55. The van der Waals surface area contributed by atoms with Crippen molar-refractivity contribution in [2.75, 3.05) is 11.9 Å². The third kappa shape index (κ3) is 4.69. The number of aliphatic hydroxyl groups excluding tert-OH is 1. The number of rotatable bonds is 5. The van der Waals surface area contributed by atoms with Crippen molar-refractivity contribution >= 4 is 34.8 Å². The van der Waals surface area contributed by atoms with Crippen molar-refractivity contribution in [2.45, 2.75) is 19.4 Å². The quantitative estimate of drug-likeness (QED) is 0.426. The Bertz CT molecular complexity index is 560. The number of amides is 2. The van der Waals surface area contributed by atoms with Crippen molar-refractivity contribution in [2.24, 2.45) is 0 Å². The molecule has 0 fully saturated rings. The number of halogens is 1. The highest BCUT2D eigenvalue weighted by Gasteiger charge is 2.19. The Hall–Kier alpha value is -2.19. The topological polar surface area (TPSA) is 122 Å². The summed E-state index contributed by atoms with van der Waals surface area (Å²) in [7, 11) is 0. The predicted molar refractivity (Wildman–Crippen MR) is 76.0 cm³/mol. The first-order valence-electron chi connectivity index (χ1n) is 6.05. The van der Waals surface area contributed by atoms with E-state index in [-0.39, 0.29) is 23.0 Å². The van der Waals surface area contributed by atoms with E-state index in [1.54, 1.807) is 6.92 Å². The van der Waals surface area contributed by atoms with Crippen LogP contribution in [0.25, 0.3) is 0 Å². The second kappa shape index (κ2) is 7.55. The van der Waals surface area contributed by atoms with Gasteiger partial charge < -0.3 is 15.7 Å². The maximum absolute atomic E-state index is 11.6. The fourth-order valence-electron chi connectivity index (χ4n) is 1.45. The first-order valence-corrected chi connectivity index (χ1v) is 6.43. The van der Waals surface area contributed by atoms with Crippen molar-refractivity contribution in [1.82, 2.24) is 5.32 Å². The number of hydrogen-bond acceptors (Lipinski definition) is 5. The van der Waals surface area contributed by atoms with Crippen LogP contribution >= 0.6 is 11.6 Å². The molecule has 1 atom stereocenters. The lowest BCUT2D eigenvalue weighted by atomic mass is 10.2. The molecule has 8 nitrogen and oxygen atoms in total. The highest BCUT2D eigenvalue weighted by atomic mass is 35.5. The Morgan fingerprint density at radius 1 is 1.43 bits per heavy atom. The summed E-state index contributed by atoms with van der Waals surface area (Å²) >= 11 is 5.64. The number of aliphatic hydroxyl groups is 1. The van der Waals surface area contributed by atoms with Crippen LogP contribution in [0.5, 0.6) is 0 Å². The molecule has 0 heterocycles. The van der Waals surface area contributed by atoms with Gasteiger partial charge in [0, 0.05) is 11.8 Å². The molecule has 3 N–H and O–H groups in total. The van der Waals surface area contributed by atoms with E-state index in [0.717, 1.165) is 6.07 Å². The van der Waals surface area contributed by atoms with Gasteiger partial charge in [0.25, 0.3) is 5.69 Å². The smallest absolute Gasteiger partial charge is 0.313 e. The summed E-state index contributed by atoms with van der Waals surface area (Å²) in [4.78, 5) is 33.2. The zero-order valence-corrected chi connectivity index (χ0v) is 11.9. The third-order valence-electron chi connectivity index (χ3n) is 2.66. The Labute approximate surface area is 125 Å². The summed E-state index contributed by atoms with van der Waals surface area (Å²) in [6.45, 7) is 1.45. The normalized spacial score (nSPS) is 11.6. The Kier molecular flexibility index (Phi) is 6.07. The number of hydrogen-bond donors (Lipinski definition) is 3. The van der Waals surface area contributed by atoms with Crippen LogP contribution in [0.2, 0.25) is 5.02 Å². The molecule has 0 aliphatic carbocycles. The lowest BCUT2D eigenvalue weighted by Gasteiger charge is -2.13. The lowest BCUT2D eigenvalue weighted by molar-refractivity contribution is -0.384. The summed E-state index contributed by atoms with van der Waals surface area (Å²) in [6, 6.07) is 3.11. The summed E-state index contributed by atoms with van der Waals surface area (Å²) in [5.41, 5.74) is -0.306. The molecule has 0 radical (unpaired) electrons. The molecule has 0 spiro atoms. The van der Waals surface area contributed by atoms with Gasteiger partial charge in [-0.25, -0.2) is 0 Å². The molecule has 9 heteroatoms. The van der Waals surface area contributed by atoms with Crippen molar-refractivity contribution in [3.63, 3.8) is 0 Å². The molecular weight excluding hydrogens is 302 g/mol. The third-order valence-corrected chi connectivity index (χ3v) is 2.97. The monoisotopic (exact) mass is 315 g/mol. The molecule has 0 saturated carbocycles. The molecule has 0 saturated heterocycles. The van der Waals surface area contributed by atoms with Gasteiger partial charge in [0.2, 0.25) is 0 Å². The molecule has 0 aromatic heterocycles. The van der Waals surface area contributed by atoms with E-state index in [1.165, 1.54) is 12.1 Å². The standard InChI is InChI=1S/C12H14ClN3O5/c1-2-7(6-17)14-11(18)12(19)15-8-3-4-9(13)10(5-8)16(20)21/h3-5,7,17H,2,6H2,1H3,(H,14,18)(H,15,19). The number of anilines is 1. The van der Waals surface area contributed by atoms with E-state index < -0.39 is 22.8 Å². The van der Waals surface area contributed by atoms with Crippen molar-refractivity contribution in [1.29, 1.82) is 0 Å². The minimum atomic E-state index is -0.987. The van der Waals surface area contributed by atoms with Gasteiger partial charge >= 0.3 is 11.8 Å². The van der Waals surface area contributed by atoms with E-state index >= 15 is 0 Å². The Morgan fingerprint density at radius 2 is 2.10 bits per heavy atom. The van der Waals surface area contributed by atoms with Gasteiger partial charge in [0.15, 0.2) is 0 Å². The van der Waals surface area contributed by atoms with Crippen LogP contribution < -0.4 is 10.6 Å². The minimum absolute atomic E-state index is 0.0725. The minimum Gasteiger partial charge on any atom is -0.394 e. The Balaban J connectivity index is 2.77. The molecule has 2 amide bonds. The number of carbonyl (C=O) groups excluding carboxylic acids is 2. The number of benzene rings is 1. The summed E-state index contributed by atoms with van der Waals surface area (Å²) < 4.78 is 0. The van der Waals surface area contributed by atoms with Gasteiger partial charge in [0.05, 0.1) is 17.6 Å². The SMILES string of the molecule is CCC(CO)NC(=O)C(=O)Nc1ccc(Cl)c([N+](=O)[O-])c1. The van der Waals surface area contributed by atoms with Crippen LogP contribution in [0.15, 0.2) is 18.2 Å². The van der Waals surface area contributed by atoms with Gasteiger partial charge in [-0.15, -0.1) is 0 Å².